The molecule has 0 saturated heterocycles. The summed E-state index contributed by atoms with van der Waals surface area (Å²) in [6, 6.07) is 0. The molecule has 1 unspecified atom stereocenters. The monoisotopic (exact) mass is 356 g/mol. The van der Waals surface area contributed by atoms with Crippen LogP contribution in [0.15, 0.2) is 23.8 Å². The van der Waals surface area contributed by atoms with Crippen molar-refractivity contribution in [3.05, 3.63) is 23.8 Å². The van der Waals surface area contributed by atoms with Crippen LogP contribution in [0.2, 0.25) is 0 Å². The van der Waals surface area contributed by atoms with Gasteiger partial charge in [0.25, 0.3) is 0 Å². The molecule has 5 rings (SSSR count). The van der Waals surface area contributed by atoms with Gasteiger partial charge in [-0.15, -0.1) is 0 Å². The number of carbonyl (C=O) groups excluding carboxylic acids is 1. The first-order valence-electron chi connectivity index (χ1n) is 10.8. The predicted molar refractivity (Wildman–Crippen MR) is 100 cm³/mol. The summed E-state index contributed by atoms with van der Waals surface area (Å²) in [5.41, 5.74) is 1.40. The summed E-state index contributed by atoms with van der Waals surface area (Å²) in [5.74, 6) is 3.82. The van der Waals surface area contributed by atoms with Crippen molar-refractivity contribution < 1.29 is 14.6 Å². The van der Waals surface area contributed by atoms with Crippen molar-refractivity contribution in [2.24, 2.45) is 35.0 Å². The number of fused-ring (bicyclic) bond motifs is 6. The summed E-state index contributed by atoms with van der Waals surface area (Å²) in [6.45, 7) is 4.76. The van der Waals surface area contributed by atoms with Crippen LogP contribution >= 0.6 is 0 Å². The zero-order chi connectivity index (χ0) is 18.1. The molecule has 8 atom stereocenters. The highest BCUT2D eigenvalue weighted by Gasteiger charge is 2.66. The van der Waals surface area contributed by atoms with Crippen LogP contribution in [0.3, 0.4) is 0 Å². The molecule has 3 heteroatoms. The number of rotatable bonds is 1. The SMILES string of the molecule is CC[C@]12CC[C@H]3[C@@H]([C@H](C)CC4=CC(=O)CC[C@@H]43)[C@@H]1CC[C@@]21C=CC(O)O1. The minimum Gasteiger partial charge on any atom is -0.365 e. The fourth-order valence-corrected chi connectivity index (χ4v) is 8.14. The first-order chi connectivity index (χ1) is 12.5. The summed E-state index contributed by atoms with van der Waals surface area (Å²) in [6.07, 6.45) is 14.2. The second kappa shape index (κ2) is 5.78. The van der Waals surface area contributed by atoms with E-state index in [2.05, 4.69) is 19.9 Å². The van der Waals surface area contributed by atoms with Crippen LogP contribution in [0, 0.1) is 35.0 Å². The molecular weight excluding hydrogens is 324 g/mol. The smallest absolute Gasteiger partial charge is 0.175 e. The number of aliphatic hydroxyl groups excluding tert-OH is 1. The lowest BCUT2D eigenvalue weighted by molar-refractivity contribution is -0.190. The molecule has 0 radical (unpaired) electrons. The largest absolute Gasteiger partial charge is 0.365 e. The van der Waals surface area contributed by atoms with Gasteiger partial charge in [0.2, 0.25) is 0 Å². The number of hydrogen-bond donors (Lipinski definition) is 1. The molecule has 1 spiro atoms. The van der Waals surface area contributed by atoms with Crippen molar-refractivity contribution in [3.8, 4) is 0 Å². The number of carbonyl (C=O) groups is 1. The minimum atomic E-state index is -0.724. The number of ether oxygens (including phenoxy) is 1. The van der Waals surface area contributed by atoms with Crippen LogP contribution in [0.25, 0.3) is 0 Å². The Kier molecular flexibility index (Phi) is 3.82. The molecule has 4 aliphatic carbocycles. The van der Waals surface area contributed by atoms with E-state index in [4.69, 9.17) is 4.74 Å². The third kappa shape index (κ3) is 2.10. The lowest BCUT2D eigenvalue weighted by Crippen LogP contribution is -2.55. The van der Waals surface area contributed by atoms with E-state index < -0.39 is 6.29 Å². The molecule has 1 N–H and O–H groups in total. The van der Waals surface area contributed by atoms with Crippen LogP contribution < -0.4 is 0 Å². The molecule has 1 heterocycles. The Morgan fingerprint density at radius 1 is 1.27 bits per heavy atom. The Morgan fingerprint density at radius 3 is 2.85 bits per heavy atom. The minimum absolute atomic E-state index is 0.183. The Hall–Kier alpha value is -0.930. The van der Waals surface area contributed by atoms with Crippen LogP contribution in [0.4, 0.5) is 0 Å². The number of ketones is 1. The lowest BCUT2D eigenvalue weighted by Gasteiger charge is -2.58. The molecule has 5 aliphatic rings. The standard InChI is InChI=1S/C23H32O3/c1-3-22-9-6-18-17-5-4-16(24)13-15(17)12-14(2)21(18)19(22)7-10-23(22)11-8-20(25)26-23/h8,11,13-14,17-21,25H,3-7,9-10,12H2,1-2H3/t14-,17+,18-,19+,20?,21-,22+,23-/m1/s1. The fraction of sp³-hybridized carbons (Fsp3) is 0.783. The average molecular weight is 357 g/mol. The summed E-state index contributed by atoms with van der Waals surface area (Å²) >= 11 is 0. The van der Waals surface area contributed by atoms with E-state index >= 15 is 0 Å². The zero-order valence-corrected chi connectivity index (χ0v) is 16.1. The molecule has 3 fully saturated rings. The molecule has 142 valence electrons. The van der Waals surface area contributed by atoms with Gasteiger partial charge in [0.1, 0.15) is 0 Å². The number of hydrogen-bond acceptors (Lipinski definition) is 3. The highest BCUT2D eigenvalue weighted by Crippen LogP contribution is 2.69. The van der Waals surface area contributed by atoms with Crippen molar-refractivity contribution in [1.82, 2.24) is 0 Å². The van der Waals surface area contributed by atoms with E-state index in [0.717, 1.165) is 43.9 Å². The Bertz CT molecular complexity index is 679. The van der Waals surface area contributed by atoms with Gasteiger partial charge in [-0.05, 0) is 86.7 Å². The predicted octanol–water partition coefficient (Wildman–Crippen LogP) is 4.41. The van der Waals surface area contributed by atoms with Crippen LogP contribution in [-0.4, -0.2) is 22.8 Å². The molecule has 26 heavy (non-hydrogen) atoms. The molecular formula is C23H32O3. The highest BCUT2D eigenvalue weighted by atomic mass is 16.6. The van der Waals surface area contributed by atoms with Crippen LogP contribution in [-0.2, 0) is 9.53 Å². The van der Waals surface area contributed by atoms with Crippen molar-refractivity contribution in [1.29, 1.82) is 0 Å². The van der Waals surface area contributed by atoms with Gasteiger partial charge in [-0.2, -0.15) is 0 Å². The maximum atomic E-state index is 11.9. The molecule has 0 aromatic rings. The van der Waals surface area contributed by atoms with Crippen LogP contribution in [0.5, 0.6) is 0 Å². The van der Waals surface area contributed by atoms with Gasteiger partial charge in [-0.3, -0.25) is 4.79 Å². The maximum absolute atomic E-state index is 11.9. The lowest BCUT2D eigenvalue weighted by atomic mass is 9.47. The van der Waals surface area contributed by atoms with Gasteiger partial charge in [0.05, 0.1) is 5.60 Å². The molecule has 3 nitrogen and oxygen atoms in total. The molecule has 0 amide bonds. The average Bonchev–Trinajstić information content (AvgIpc) is 3.16. The fourth-order valence-electron chi connectivity index (χ4n) is 8.14. The van der Waals surface area contributed by atoms with E-state index in [0.29, 0.717) is 23.5 Å². The molecule has 0 aromatic heterocycles. The van der Waals surface area contributed by atoms with E-state index in [-0.39, 0.29) is 11.0 Å². The Labute approximate surface area is 156 Å². The Balaban J connectivity index is 1.52. The first-order valence-corrected chi connectivity index (χ1v) is 10.8. The van der Waals surface area contributed by atoms with E-state index in [1.807, 2.05) is 12.2 Å². The van der Waals surface area contributed by atoms with Gasteiger partial charge in [0.15, 0.2) is 12.1 Å². The number of allylic oxidation sites excluding steroid dienone is 1. The number of aliphatic hydroxyl groups is 1. The first kappa shape index (κ1) is 17.2. The highest BCUT2D eigenvalue weighted by molar-refractivity contribution is 5.91. The van der Waals surface area contributed by atoms with Gasteiger partial charge in [-0.25, -0.2) is 0 Å². The second-order valence-corrected chi connectivity index (χ2v) is 9.70. The van der Waals surface area contributed by atoms with Crippen molar-refractivity contribution in [3.63, 3.8) is 0 Å². The topological polar surface area (TPSA) is 46.5 Å². The van der Waals surface area contributed by atoms with Gasteiger partial charge >= 0.3 is 0 Å². The van der Waals surface area contributed by atoms with Gasteiger partial charge in [0, 0.05) is 11.8 Å². The summed E-state index contributed by atoms with van der Waals surface area (Å²) in [4.78, 5) is 11.9. The third-order valence-electron chi connectivity index (χ3n) is 9.01. The van der Waals surface area contributed by atoms with E-state index in [9.17, 15) is 9.90 Å². The van der Waals surface area contributed by atoms with Crippen molar-refractivity contribution in [2.45, 2.75) is 77.1 Å². The molecule has 3 saturated carbocycles. The molecule has 0 bridgehead atoms. The summed E-state index contributed by atoms with van der Waals surface area (Å²) < 4.78 is 6.20. The van der Waals surface area contributed by atoms with Gasteiger partial charge in [-0.1, -0.05) is 25.5 Å². The quantitative estimate of drug-likeness (QED) is 0.708. The third-order valence-corrected chi connectivity index (χ3v) is 9.01. The molecule has 1 aliphatic heterocycles. The maximum Gasteiger partial charge on any atom is 0.175 e. The summed E-state index contributed by atoms with van der Waals surface area (Å²) in [5, 5.41) is 10.1. The second-order valence-electron chi connectivity index (χ2n) is 9.70. The zero-order valence-electron chi connectivity index (χ0n) is 16.1. The van der Waals surface area contributed by atoms with Crippen molar-refractivity contribution >= 4 is 5.78 Å². The Morgan fingerprint density at radius 2 is 2.12 bits per heavy atom. The molecule has 0 aromatic carbocycles. The van der Waals surface area contributed by atoms with Gasteiger partial charge < -0.3 is 9.84 Å². The van der Waals surface area contributed by atoms with Crippen LogP contribution in [0.1, 0.15) is 65.2 Å². The summed E-state index contributed by atoms with van der Waals surface area (Å²) in [7, 11) is 0. The normalized spacial score (nSPS) is 52.6. The van der Waals surface area contributed by atoms with Crippen molar-refractivity contribution in [2.75, 3.05) is 0 Å². The van der Waals surface area contributed by atoms with E-state index in [1.165, 1.54) is 24.8 Å². The van der Waals surface area contributed by atoms with E-state index in [1.54, 1.807) is 0 Å².